The van der Waals surface area contributed by atoms with Crippen molar-refractivity contribution in [3.63, 3.8) is 0 Å². The van der Waals surface area contributed by atoms with E-state index >= 15 is 0 Å². The van der Waals surface area contributed by atoms with Crippen LogP contribution in [0.5, 0.6) is 0 Å². The standard InChI is InChI=1S/C22H21N5O3S/c28-20(15-27-22(29)30-21(24-27)16-6-2-1-3-7-16)26-12-10-25(11-13-26)14-19-23-17-8-4-5-9-18(17)31-19/h1-9H,10-15H2. The second-order valence-corrected chi connectivity index (χ2v) is 8.54. The molecule has 1 aliphatic rings. The lowest BCUT2D eigenvalue weighted by Crippen LogP contribution is -2.49. The minimum atomic E-state index is -0.623. The van der Waals surface area contributed by atoms with Crippen LogP contribution < -0.4 is 5.76 Å². The monoisotopic (exact) mass is 435 g/mol. The molecular formula is C22H21N5O3S. The van der Waals surface area contributed by atoms with Crippen molar-refractivity contribution in [2.45, 2.75) is 13.1 Å². The summed E-state index contributed by atoms with van der Waals surface area (Å²) in [5.74, 6) is -0.532. The topological polar surface area (TPSA) is 84.5 Å². The highest BCUT2D eigenvalue weighted by atomic mass is 32.1. The second-order valence-electron chi connectivity index (χ2n) is 7.43. The number of amides is 1. The van der Waals surface area contributed by atoms with E-state index < -0.39 is 5.76 Å². The first-order valence-electron chi connectivity index (χ1n) is 10.1. The Kier molecular flexibility index (Phi) is 5.35. The van der Waals surface area contributed by atoms with E-state index in [9.17, 15) is 9.59 Å². The molecule has 0 spiro atoms. The number of piperazine rings is 1. The van der Waals surface area contributed by atoms with Crippen molar-refractivity contribution in [1.82, 2.24) is 24.6 Å². The number of fused-ring (bicyclic) bond motifs is 1. The van der Waals surface area contributed by atoms with Crippen LogP contribution in [-0.4, -0.2) is 56.7 Å². The zero-order chi connectivity index (χ0) is 21.2. The summed E-state index contributed by atoms with van der Waals surface area (Å²) in [7, 11) is 0. The van der Waals surface area contributed by atoms with Gasteiger partial charge in [0.25, 0.3) is 0 Å². The maximum Gasteiger partial charge on any atom is 0.437 e. The van der Waals surface area contributed by atoms with Gasteiger partial charge in [-0.1, -0.05) is 30.3 Å². The third-order valence-electron chi connectivity index (χ3n) is 5.33. The Labute approximate surface area is 182 Å². The molecule has 0 unspecified atom stereocenters. The van der Waals surface area contributed by atoms with E-state index in [0.717, 1.165) is 34.8 Å². The molecule has 0 radical (unpaired) electrons. The van der Waals surface area contributed by atoms with Crippen LogP contribution in [0.4, 0.5) is 0 Å². The van der Waals surface area contributed by atoms with Crippen LogP contribution in [-0.2, 0) is 17.9 Å². The van der Waals surface area contributed by atoms with Gasteiger partial charge in [0.1, 0.15) is 11.6 Å². The molecule has 158 valence electrons. The number of hydrogen-bond acceptors (Lipinski definition) is 7. The van der Waals surface area contributed by atoms with Crippen LogP contribution in [0.15, 0.2) is 63.8 Å². The van der Waals surface area contributed by atoms with Gasteiger partial charge in [-0.15, -0.1) is 16.4 Å². The molecule has 0 aliphatic carbocycles. The third-order valence-corrected chi connectivity index (χ3v) is 6.36. The van der Waals surface area contributed by atoms with Gasteiger partial charge in [-0.25, -0.2) is 9.78 Å². The molecule has 1 amide bonds. The fourth-order valence-electron chi connectivity index (χ4n) is 3.67. The van der Waals surface area contributed by atoms with Crippen LogP contribution in [0.1, 0.15) is 5.01 Å². The van der Waals surface area contributed by atoms with Gasteiger partial charge in [0, 0.05) is 31.7 Å². The van der Waals surface area contributed by atoms with Gasteiger partial charge in [-0.2, -0.15) is 4.68 Å². The molecule has 3 heterocycles. The summed E-state index contributed by atoms with van der Waals surface area (Å²) in [6.45, 7) is 3.43. The Bertz CT molecular complexity index is 1220. The number of benzene rings is 2. The average molecular weight is 436 g/mol. The molecule has 8 nitrogen and oxygen atoms in total. The molecule has 0 saturated carbocycles. The van der Waals surface area contributed by atoms with Gasteiger partial charge in [0.05, 0.1) is 16.8 Å². The molecule has 9 heteroatoms. The molecule has 31 heavy (non-hydrogen) atoms. The Balaban J connectivity index is 1.18. The SMILES string of the molecule is O=C(Cn1nc(-c2ccccc2)oc1=O)N1CCN(Cc2nc3ccccc3s2)CC1. The van der Waals surface area contributed by atoms with Crippen molar-refractivity contribution in [1.29, 1.82) is 0 Å². The molecule has 0 bridgehead atoms. The van der Waals surface area contributed by atoms with E-state index in [1.807, 2.05) is 48.5 Å². The van der Waals surface area contributed by atoms with E-state index in [2.05, 4.69) is 16.1 Å². The lowest BCUT2D eigenvalue weighted by molar-refractivity contribution is -0.134. The average Bonchev–Trinajstić information content (AvgIpc) is 3.37. The first-order valence-corrected chi connectivity index (χ1v) is 11.0. The largest absolute Gasteiger partial charge is 0.437 e. The first kappa shape index (κ1) is 19.7. The maximum absolute atomic E-state index is 12.7. The van der Waals surface area contributed by atoms with E-state index in [1.54, 1.807) is 16.2 Å². The molecule has 1 saturated heterocycles. The summed E-state index contributed by atoms with van der Waals surface area (Å²) in [4.78, 5) is 33.6. The first-order chi connectivity index (χ1) is 15.2. The van der Waals surface area contributed by atoms with Gasteiger partial charge in [-0.3, -0.25) is 9.69 Å². The number of para-hydroxylation sites is 1. The molecule has 0 atom stereocenters. The number of rotatable bonds is 5. The zero-order valence-corrected chi connectivity index (χ0v) is 17.6. The smallest absolute Gasteiger partial charge is 0.388 e. The van der Waals surface area contributed by atoms with E-state index in [-0.39, 0.29) is 18.3 Å². The molecule has 1 fully saturated rings. The minimum Gasteiger partial charge on any atom is -0.388 e. The van der Waals surface area contributed by atoms with Crippen molar-refractivity contribution >= 4 is 27.5 Å². The van der Waals surface area contributed by atoms with Gasteiger partial charge in [0.2, 0.25) is 11.8 Å². The van der Waals surface area contributed by atoms with Gasteiger partial charge < -0.3 is 9.32 Å². The highest BCUT2D eigenvalue weighted by Gasteiger charge is 2.23. The number of thiazole rings is 1. The fraction of sp³-hybridized carbons (Fsp3) is 0.273. The van der Waals surface area contributed by atoms with Crippen molar-refractivity contribution in [2.24, 2.45) is 0 Å². The van der Waals surface area contributed by atoms with Crippen LogP contribution in [0.2, 0.25) is 0 Å². The molecule has 2 aromatic carbocycles. The number of carbonyl (C=O) groups is 1. The predicted molar refractivity (Wildman–Crippen MR) is 118 cm³/mol. The minimum absolute atomic E-state index is 0.118. The maximum atomic E-state index is 12.7. The summed E-state index contributed by atoms with van der Waals surface area (Å²) >= 11 is 1.71. The molecule has 2 aromatic heterocycles. The number of nitrogens with zero attached hydrogens (tertiary/aromatic N) is 5. The molecule has 5 rings (SSSR count). The normalized spacial score (nSPS) is 14.9. The summed E-state index contributed by atoms with van der Waals surface area (Å²) in [5, 5.41) is 5.27. The summed E-state index contributed by atoms with van der Waals surface area (Å²) < 4.78 is 7.50. The molecule has 0 N–H and O–H groups in total. The molecular weight excluding hydrogens is 414 g/mol. The Hall–Kier alpha value is -3.30. The van der Waals surface area contributed by atoms with Crippen molar-refractivity contribution in [2.75, 3.05) is 26.2 Å². The third kappa shape index (κ3) is 4.28. The van der Waals surface area contributed by atoms with Gasteiger partial charge in [-0.05, 0) is 24.3 Å². The summed E-state index contributed by atoms with van der Waals surface area (Å²) in [6.07, 6.45) is 0. The Morgan fingerprint density at radius 1 is 1.00 bits per heavy atom. The van der Waals surface area contributed by atoms with Crippen LogP contribution >= 0.6 is 11.3 Å². The van der Waals surface area contributed by atoms with Crippen molar-refractivity contribution in [3.8, 4) is 11.5 Å². The summed E-state index contributed by atoms with van der Waals surface area (Å²) in [6, 6.07) is 17.3. The highest BCUT2D eigenvalue weighted by molar-refractivity contribution is 7.18. The van der Waals surface area contributed by atoms with Gasteiger partial charge >= 0.3 is 5.76 Å². The van der Waals surface area contributed by atoms with Crippen molar-refractivity contribution < 1.29 is 9.21 Å². The lowest BCUT2D eigenvalue weighted by atomic mass is 10.2. The predicted octanol–water partition coefficient (Wildman–Crippen LogP) is 2.46. The van der Waals surface area contributed by atoms with Crippen molar-refractivity contribution in [3.05, 3.63) is 70.2 Å². The number of hydrogen-bond donors (Lipinski definition) is 0. The highest BCUT2D eigenvalue weighted by Crippen LogP contribution is 2.23. The van der Waals surface area contributed by atoms with E-state index in [1.165, 1.54) is 4.70 Å². The van der Waals surface area contributed by atoms with E-state index in [0.29, 0.717) is 18.7 Å². The Morgan fingerprint density at radius 2 is 1.74 bits per heavy atom. The lowest BCUT2D eigenvalue weighted by Gasteiger charge is -2.34. The quantitative estimate of drug-likeness (QED) is 0.479. The molecule has 1 aliphatic heterocycles. The molecule has 4 aromatic rings. The van der Waals surface area contributed by atoms with Crippen LogP contribution in [0, 0.1) is 0 Å². The number of aromatic nitrogens is 3. The summed E-state index contributed by atoms with van der Waals surface area (Å²) in [5.41, 5.74) is 1.73. The van der Waals surface area contributed by atoms with Crippen LogP contribution in [0.25, 0.3) is 21.7 Å². The van der Waals surface area contributed by atoms with Gasteiger partial charge in [0.15, 0.2) is 0 Å². The zero-order valence-electron chi connectivity index (χ0n) is 16.8. The number of carbonyl (C=O) groups excluding carboxylic acids is 1. The fourth-order valence-corrected chi connectivity index (χ4v) is 4.68. The second kappa shape index (κ2) is 8.44. The van der Waals surface area contributed by atoms with E-state index in [4.69, 9.17) is 9.40 Å². The Morgan fingerprint density at radius 3 is 2.52 bits per heavy atom. The van der Waals surface area contributed by atoms with Crippen LogP contribution in [0.3, 0.4) is 0 Å².